The van der Waals surface area contributed by atoms with Crippen LogP contribution < -0.4 is 4.90 Å². The SMILES string of the molecule is N#CC(C#N)=Cc1ccc(-c2ccc(C(=O)CC(=O)c3ccc(N(c4ccccc4)c4ccccc4)cc3)s2)s1. The Bertz CT molecular complexity index is 1720. The standard InChI is InChI=1S/C33H21N3O2S2/c34-21-23(22-35)19-28-15-16-32(39-28)33-18-17-31(40-33)30(38)20-29(37)24-11-13-27(14-12-24)36(25-7-3-1-4-8-25)26-9-5-2-6-10-26/h1-19H,20H2. The molecule has 2 aromatic heterocycles. The number of carbonyl (C=O) groups is 2. The number of anilines is 3. The van der Waals surface area contributed by atoms with Gasteiger partial charge in [0.2, 0.25) is 0 Å². The number of nitrogens with zero attached hydrogens (tertiary/aromatic N) is 3. The predicted octanol–water partition coefficient (Wildman–Crippen LogP) is 8.83. The van der Waals surface area contributed by atoms with Gasteiger partial charge in [0, 0.05) is 37.3 Å². The summed E-state index contributed by atoms with van der Waals surface area (Å²) in [6.07, 6.45) is 1.32. The molecule has 7 heteroatoms. The van der Waals surface area contributed by atoms with E-state index in [9.17, 15) is 9.59 Å². The molecular formula is C33H21N3O2S2. The molecule has 0 saturated heterocycles. The summed E-state index contributed by atoms with van der Waals surface area (Å²) in [6, 6.07) is 38.4. The van der Waals surface area contributed by atoms with Gasteiger partial charge in [0.05, 0.1) is 11.3 Å². The van der Waals surface area contributed by atoms with Crippen molar-refractivity contribution in [1.82, 2.24) is 0 Å². The summed E-state index contributed by atoms with van der Waals surface area (Å²) in [7, 11) is 0. The maximum Gasteiger partial charge on any atom is 0.180 e. The number of rotatable bonds is 9. The summed E-state index contributed by atoms with van der Waals surface area (Å²) in [5, 5.41) is 17.9. The number of benzene rings is 3. The van der Waals surface area contributed by atoms with Crippen LogP contribution >= 0.6 is 22.7 Å². The first kappa shape index (κ1) is 26.5. The Morgan fingerprint density at radius 3 is 1.80 bits per heavy atom. The first-order chi connectivity index (χ1) is 19.6. The fraction of sp³-hybridized carbons (Fsp3) is 0.0303. The van der Waals surface area contributed by atoms with E-state index in [1.165, 1.54) is 28.7 Å². The van der Waals surface area contributed by atoms with Gasteiger partial charge in [0.25, 0.3) is 0 Å². The average molecular weight is 556 g/mol. The molecule has 0 atom stereocenters. The number of hydrogen-bond acceptors (Lipinski definition) is 7. The highest BCUT2D eigenvalue weighted by atomic mass is 32.1. The van der Waals surface area contributed by atoms with Gasteiger partial charge in [0.1, 0.15) is 17.7 Å². The van der Waals surface area contributed by atoms with Gasteiger partial charge in [-0.15, -0.1) is 22.7 Å². The average Bonchev–Trinajstić information content (AvgIpc) is 3.68. The van der Waals surface area contributed by atoms with E-state index < -0.39 is 0 Å². The molecule has 0 unspecified atom stereocenters. The van der Waals surface area contributed by atoms with Crippen molar-refractivity contribution in [2.45, 2.75) is 6.42 Å². The summed E-state index contributed by atoms with van der Waals surface area (Å²) in [4.78, 5) is 31.2. The van der Waals surface area contributed by atoms with Crippen LogP contribution in [0.3, 0.4) is 0 Å². The number of carbonyl (C=O) groups excluding carboxylic acids is 2. The molecular weight excluding hydrogens is 535 g/mol. The van der Waals surface area contributed by atoms with Crippen LogP contribution in [0.5, 0.6) is 0 Å². The molecule has 192 valence electrons. The Kier molecular flexibility index (Phi) is 8.08. The number of para-hydroxylation sites is 2. The van der Waals surface area contributed by atoms with E-state index >= 15 is 0 Å². The van der Waals surface area contributed by atoms with Crippen LogP contribution in [-0.4, -0.2) is 11.6 Å². The molecule has 0 aliphatic carbocycles. The van der Waals surface area contributed by atoms with Crippen molar-refractivity contribution in [2.24, 2.45) is 0 Å². The fourth-order valence-corrected chi connectivity index (χ4v) is 6.13. The van der Waals surface area contributed by atoms with Crippen LogP contribution in [0.4, 0.5) is 17.1 Å². The van der Waals surface area contributed by atoms with Crippen molar-refractivity contribution in [1.29, 1.82) is 10.5 Å². The van der Waals surface area contributed by atoms with Crippen LogP contribution in [0, 0.1) is 22.7 Å². The zero-order chi connectivity index (χ0) is 27.9. The molecule has 0 aliphatic heterocycles. The molecule has 0 bridgehead atoms. The highest BCUT2D eigenvalue weighted by Crippen LogP contribution is 2.36. The lowest BCUT2D eigenvalue weighted by atomic mass is 10.0. The second-order valence-corrected chi connectivity index (χ2v) is 10.9. The summed E-state index contributed by atoms with van der Waals surface area (Å²) in [6.45, 7) is 0. The lowest BCUT2D eigenvalue weighted by Gasteiger charge is -2.25. The van der Waals surface area contributed by atoms with E-state index in [0.717, 1.165) is 31.7 Å². The molecule has 2 heterocycles. The Labute approximate surface area is 240 Å². The van der Waals surface area contributed by atoms with E-state index in [4.69, 9.17) is 10.5 Å². The van der Waals surface area contributed by atoms with Gasteiger partial charge in [-0.3, -0.25) is 9.59 Å². The molecule has 0 amide bonds. The molecule has 0 spiro atoms. The van der Waals surface area contributed by atoms with Crippen molar-refractivity contribution < 1.29 is 9.59 Å². The lowest BCUT2D eigenvalue weighted by Crippen LogP contribution is -2.11. The maximum absolute atomic E-state index is 13.0. The van der Waals surface area contributed by atoms with Crippen molar-refractivity contribution in [3.8, 4) is 21.9 Å². The van der Waals surface area contributed by atoms with E-state index in [2.05, 4.69) is 4.90 Å². The van der Waals surface area contributed by atoms with E-state index in [-0.39, 0.29) is 23.6 Å². The topological polar surface area (TPSA) is 85.0 Å². The molecule has 0 saturated carbocycles. The quantitative estimate of drug-likeness (QED) is 0.103. The highest BCUT2D eigenvalue weighted by Gasteiger charge is 2.18. The third-order valence-electron chi connectivity index (χ3n) is 6.08. The molecule has 0 radical (unpaired) electrons. The number of nitriles is 2. The number of allylic oxidation sites excluding steroid dienone is 1. The molecule has 3 aromatic carbocycles. The van der Waals surface area contributed by atoms with Gasteiger partial charge in [-0.25, -0.2) is 0 Å². The first-order valence-corrected chi connectivity index (χ1v) is 14.0. The predicted molar refractivity (Wildman–Crippen MR) is 161 cm³/mol. The number of Topliss-reactive ketones (excluding diaryl/α,β-unsaturated/α-hetero) is 2. The molecule has 5 aromatic rings. The third kappa shape index (κ3) is 5.98. The smallest absolute Gasteiger partial charge is 0.180 e. The summed E-state index contributed by atoms with van der Waals surface area (Å²) < 4.78 is 0. The fourth-order valence-electron chi connectivity index (χ4n) is 4.15. The minimum atomic E-state index is -0.235. The Morgan fingerprint density at radius 1 is 0.650 bits per heavy atom. The van der Waals surface area contributed by atoms with Gasteiger partial charge < -0.3 is 4.90 Å². The largest absolute Gasteiger partial charge is 0.311 e. The van der Waals surface area contributed by atoms with Gasteiger partial charge in [-0.05, 0) is 78.9 Å². The van der Waals surface area contributed by atoms with Gasteiger partial charge in [-0.2, -0.15) is 10.5 Å². The zero-order valence-electron chi connectivity index (χ0n) is 21.2. The minimum Gasteiger partial charge on any atom is -0.311 e. The van der Waals surface area contributed by atoms with Crippen LogP contribution in [0.25, 0.3) is 15.8 Å². The lowest BCUT2D eigenvalue weighted by molar-refractivity contribution is 0.0896. The van der Waals surface area contributed by atoms with Crippen molar-refractivity contribution in [3.05, 3.63) is 130 Å². The van der Waals surface area contributed by atoms with E-state index in [1.54, 1.807) is 18.2 Å². The van der Waals surface area contributed by atoms with Gasteiger partial charge in [0.15, 0.2) is 11.6 Å². The Hall–Kier alpha value is -5.08. The second-order valence-electron chi connectivity index (χ2n) is 8.72. The number of thiophene rings is 2. The van der Waals surface area contributed by atoms with Crippen molar-refractivity contribution >= 4 is 57.4 Å². The monoisotopic (exact) mass is 555 g/mol. The first-order valence-electron chi connectivity index (χ1n) is 12.3. The maximum atomic E-state index is 13.0. The second kappa shape index (κ2) is 12.2. The summed E-state index contributed by atoms with van der Waals surface area (Å²) in [5.74, 6) is -0.463. The molecule has 0 N–H and O–H groups in total. The van der Waals surface area contributed by atoms with Crippen LogP contribution in [0.15, 0.2) is 115 Å². The number of ketones is 2. The molecule has 40 heavy (non-hydrogen) atoms. The van der Waals surface area contributed by atoms with E-state index in [1.807, 2.05) is 103 Å². The Balaban J connectivity index is 1.29. The summed E-state index contributed by atoms with van der Waals surface area (Å²) in [5.41, 5.74) is 3.43. The van der Waals surface area contributed by atoms with Crippen LogP contribution in [-0.2, 0) is 0 Å². The van der Waals surface area contributed by atoms with E-state index in [0.29, 0.717) is 10.4 Å². The zero-order valence-corrected chi connectivity index (χ0v) is 22.8. The van der Waals surface area contributed by atoms with Gasteiger partial charge in [-0.1, -0.05) is 36.4 Å². The minimum absolute atomic E-state index is 0.0369. The van der Waals surface area contributed by atoms with Crippen molar-refractivity contribution in [3.63, 3.8) is 0 Å². The Morgan fingerprint density at radius 2 is 1.20 bits per heavy atom. The van der Waals surface area contributed by atoms with Gasteiger partial charge >= 0.3 is 0 Å². The third-order valence-corrected chi connectivity index (χ3v) is 8.43. The van der Waals surface area contributed by atoms with Crippen LogP contribution in [0.1, 0.15) is 31.3 Å². The molecule has 5 rings (SSSR count). The number of hydrogen-bond donors (Lipinski definition) is 0. The van der Waals surface area contributed by atoms with Crippen LogP contribution in [0.2, 0.25) is 0 Å². The summed E-state index contributed by atoms with van der Waals surface area (Å²) >= 11 is 2.76. The molecule has 0 fully saturated rings. The van der Waals surface area contributed by atoms with Crippen molar-refractivity contribution in [2.75, 3.05) is 4.90 Å². The molecule has 5 nitrogen and oxygen atoms in total. The molecule has 0 aliphatic rings. The normalized spacial score (nSPS) is 10.2. The highest BCUT2D eigenvalue weighted by molar-refractivity contribution is 7.23.